The minimum atomic E-state index is -1.18. The Morgan fingerprint density at radius 1 is 0.774 bits per heavy atom. The summed E-state index contributed by atoms with van der Waals surface area (Å²) in [5.41, 5.74) is 3.63. The van der Waals surface area contributed by atoms with Crippen molar-refractivity contribution in [3.05, 3.63) is 90.5 Å². The minimum absolute atomic E-state index is 0. The molecule has 0 bridgehead atoms. The van der Waals surface area contributed by atoms with E-state index in [4.69, 9.17) is 0 Å². The van der Waals surface area contributed by atoms with E-state index in [0.29, 0.717) is 12.1 Å². The number of benzene rings is 3. The second-order valence-corrected chi connectivity index (χ2v) is 7.24. The molecule has 0 saturated heterocycles. The number of aliphatic hydroxyl groups excluding tert-OH is 1. The van der Waals surface area contributed by atoms with E-state index in [-0.39, 0.29) is 18.3 Å². The summed E-state index contributed by atoms with van der Waals surface area (Å²) in [6.45, 7) is 7.35. The number of carbonyl (C=O) groups excluding carboxylic acids is 1. The van der Waals surface area contributed by atoms with Crippen LogP contribution in [0.4, 0.5) is 5.69 Å². The maximum atomic E-state index is 13.2. The summed E-state index contributed by atoms with van der Waals surface area (Å²) < 4.78 is 0. The van der Waals surface area contributed by atoms with Crippen LogP contribution in [0.3, 0.4) is 0 Å². The van der Waals surface area contributed by atoms with E-state index in [2.05, 4.69) is 30.9 Å². The standard InChI is InChI=1S/C26H30N2O2.ClH/c1-3-27(4-2)19-20-28(26(30)25(29)23-13-9-6-10-14-23)24-17-15-22(16-18-24)21-11-7-5-8-12-21;/h5-18,25,29H,3-4,19-20H2,1-2H3;1H. The van der Waals surface area contributed by atoms with Crippen LogP contribution in [0.2, 0.25) is 0 Å². The van der Waals surface area contributed by atoms with Crippen molar-refractivity contribution in [2.24, 2.45) is 0 Å². The van der Waals surface area contributed by atoms with Crippen LogP contribution in [-0.4, -0.2) is 42.1 Å². The zero-order valence-corrected chi connectivity index (χ0v) is 19.0. The first-order valence-electron chi connectivity index (χ1n) is 10.6. The molecule has 1 N–H and O–H groups in total. The van der Waals surface area contributed by atoms with E-state index in [0.717, 1.165) is 36.4 Å². The van der Waals surface area contributed by atoms with E-state index in [9.17, 15) is 9.90 Å². The van der Waals surface area contributed by atoms with E-state index in [1.54, 1.807) is 17.0 Å². The van der Waals surface area contributed by atoms with Crippen molar-refractivity contribution in [3.63, 3.8) is 0 Å². The highest BCUT2D eigenvalue weighted by Gasteiger charge is 2.25. The normalized spacial score (nSPS) is 11.6. The van der Waals surface area contributed by atoms with Gasteiger partial charge in [0.2, 0.25) is 0 Å². The fourth-order valence-electron chi connectivity index (χ4n) is 3.54. The highest BCUT2D eigenvalue weighted by molar-refractivity contribution is 5.97. The summed E-state index contributed by atoms with van der Waals surface area (Å²) in [5.74, 6) is -0.305. The molecule has 3 aromatic carbocycles. The molecule has 164 valence electrons. The molecule has 3 rings (SSSR count). The molecular formula is C26H31ClN2O2. The molecule has 0 aliphatic rings. The average Bonchev–Trinajstić information content (AvgIpc) is 2.82. The van der Waals surface area contributed by atoms with Crippen molar-refractivity contribution in [1.29, 1.82) is 0 Å². The van der Waals surface area contributed by atoms with Gasteiger partial charge in [0.05, 0.1) is 0 Å². The monoisotopic (exact) mass is 438 g/mol. The molecular weight excluding hydrogens is 408 g/mol. The lowest BCUT2D eigenvalue weighted by Crippen LogP contribution is -2.41. The van der Waals surface area contributed by atoms with Crippen LogP contribution in [0, 0.1) is 0 Å². The van der Waals surface area contributed by atoms with Gasteiger partial charge in [0.25, 0.3) is 5.91 Å². The Hall–Kier alpha value is -2.66. The third-order valence-corrected chi connectivity index (χ3v) is 5.44. The number of nitrogens with zero attached hydrogens (tertiary/aromatic N) is 2. The van der Waals surface area contributed by atoms with E-state index < -0.39 is 6.10 Å². The number of hydrogen-bond acceptors (Lipinski definition) is 3. The molecule has 0 heterocycles. The Morgan fingerprint density at radius 3 is 1.84 bits per heavy atom. The van der Waals surface area contributed by atoms with Gasteiger partial charge in [-0.2, -0.15) is 0 Å². The number of likely N-dealkylation sites (N-methyl/N-ethyl adjacent to an activating group) is 1. The summed E-state index contributed by atoms with van der Waals surface area (Å²) in [6.07, 6.45) is -1.18. The minimum Gasteiger partial charge on any atom is -0.378 e. The molecule has 0 aromatic heterocycles. The van der Waals surface area contributed by atoms with Gasteiger partial charge in [-0.3, -0.25) is 4.79 Å². The second-order valence-electron chi connectivity index (χ2n) is 7.24. The molecule has 0 aliphatic carbocycles. The first-order chi connectivity index (χ1) is 14.6. The van der Waals surface area contributed by atoms with E-state index in [1.165, 1.54) is 0 Å². The smallest absolute Gasteiger partial charge is 0.260 e. The summed E-state index contributed by atoms with van der Waals surface area (Å²) >= 11 is 0. The van der Waals surface area contributed by atoms with Crippen LogP contribution >= 0.6 is 12.4 Å². The molecule has 31 heavy (non-hydrogen) atoms. The molecule has 1 amide bonds. The summed E-state index contributed by atoms with van der Waals surface area (Å²) in [5, 5.41) is 10.7. The molecule has 0 radical (unpaired) electrons. The Morgan fingerprint density at radius 2 is 1.29 bits per heavy atom. The predicted octanol–water partition coefficient (Wildman–Crippen LogP) is 5.18. The SMILES string of the molecule is CCN(CC)CCN(C(=O)C(O)c1ccccc1)c1ccc(-c2ccccc2)cc1.Cl. The quantitative estimate of drug-likeness (QED) is 0.500. The maximum Gasteiger partial charge on any atom is 0.260 e. The van der Waals surface area contributed by atoms with Crippen molar-refractivity contribution in [2.75, 3.05) is 31.1 Å². The van der Waals surface area contributed by atoms with Crippen LogP contribution < -0.4 is 4.90 Å². The van der Waals surface area contributed by atoms with Gasteiger partial charge < -0.3 is 14.9 Å². The van der Waals surface area contributed by atoms with Crippen molar-refractivity contribution >= 4 is 24.0 Å². The van der Waals surface area contributed by atoms with Gasteiger partial charge in [-0.25, -0.2) is 0 Å². The molecule has 0 saturated carbocycles. The third-order valence-electron chi connectivity index (χ3n) is 5.44. The maximum absolute atomic E-state index is 13.2. The number of hydrogen-bond donors (Lipinski definition) is 1. The summed E-state index contributed by atoms with van der Waals surface area (Å²) in [4.78, 5) is 17.2. The third kappa shape index (κ3) is 6.41. The molecule has 4 nitrogen and oxygen atoms in total. The fourth-order valence-corrected chi connectivity index (χ4v) is 3.54. The summed E-state index contributed by atoms with van der Waals surface area (Å²) in [6, 6.07) is 27.2. The Kier molecular flexibility index (Phi) is 9.73. The number of amides is 1. The zero-order chi connectivity index (χ0) is 21.3. The van der Waals surface area contributed by atoms with E-state index >= 15 is 0 Å². The molecule has 1 atom stereocenters. The number of aliphatic hydroxyl groups is 1. The molecule has 0 aliphatic heterocycles. The van der Waals surface area contributed by atoms with Crippen molar-refractivity contribution < 1.29 is 9.90 Å². The number of carbonyl (C=O) groups is 1. The lowest BCUT2D eigenvalue weighted by Gasteiger charge is -2.28. The van der Waals surface area contributed by atoms with Crippen LogP contribution in [0.1, 0.15) is 25.5 Å². The number of rotatable bonds is 9. The van der Waals surface area contributed by atoms with Gasteiger partial charge in [0.1, 0.15) is 0 Å². The van der Waals surface area contributed by atoms with Crippen LogP contribution in [0.5, 0.6) is 0 Å². The Bertz CT molecular complexity index is 913. The average molecular weight is 439 g/mol. The van der Waals surface area contributed by atoms with Gasteiger partial charge >= 0.3 is 0 Å². The fraction of sp³-hybridized carbons (Fsp3) is 0.269. The molecule has 0 spiro atoms. The summed E-state index contributed by atoms with van der Waals surface area (Å²) in [7, 11) is 0. The second kappa shape index (κ2) is 12.3. The van der Waals surface area contributed by atoms with Crippen LogP contribution in [-0.2, 0) is 4.79 Å². The number of halogens is 1. The highest BCUT2D eigenvalue weighted by atomic mass is 35.5. The van der Waals surface area contributed by atoms with Gasteiger partial charge in [0.15, 0.2) is 6.10 Å². The van der Waals surface area contributed by atoms with Gasteiger partial charge in [-0.05, 0) is 41.9 Å². The molecule has 1 unspecified atom stereocenters. The molecule has 0 fully saturated rings. The van der Waals surface area contributed by atoms with Crippen LogP contribution in [0.15, 0.2) is 84.9 Å². The predicted molar refractivity (Wildman–Crippen MR) is 131 cm³/mol. The molecule has 5 heteroatoms. The van der Waals surface area contributed by atoms with Gasteiger partial charge in [-0.15, -0.1) is 12.4 Å². The topological polar surface area (TPSA) is 43.8 Å². The largest absolute Gasteiger partial charge is 0.378 e. The Balaban J connectivity index is 0.00000341. The van der Waals surface area contributed by atoms with Crippen LogP contribution in [0.25, 0.3) is 11.1 Å². The first kappa shape index (κ1) is 24.6. The van der Waals surface area contributed by atoms with Crippen molar-refractivity contribution in [1.82, 2.24) is 4.90 Å². The lowest BCUT2D eigenvalue weighted by molar-refractivity contribution is -0.127. The van der Waals surface area contributed by atoms with Gasteiger partial charge in [0, 0.05) is 18.8 Å². The lowest BCUT2D eigenvalue weighted by atomic mass is 10.0. The molecule has 3 aromatic rings. The van der Waals surface area contributed by atoms with E-state index in [1.807, 2.05) is 60.7 Å². The highest BCUT2D eigenvalue weighted by Crippen LogP contribution is 2.25. The van der Waals surface area contributed by atoms with Gasteiger partial charge in [-0.1, -0.05) is 86.6 Å². The zero-order valence-electron chi connectivity index (χ0n) is 18.1. The van der Waals surface area contributed by atoms with Crippen molar-refractivity contribution in [2.45, 2.75) is 20.0 Å². The Labute approximate surface area is 191 Å². The number of anilines is 1. The van der Waals surface area contributed by atoms with Crippen molar-refractivity contribution in [3.8, 4) is 11.1 Å². The first-order valence-corrected chi connectivity index (χ1v) is 10.6.